The van der Waals surface area contributed by atoms with Gasteiger partial charge in [-0.2, -0.15) is 0 Å². The van der Waals surface area contributed by atoms with Crippen molar-refractivity contribution >= 4 is 22.6 Å². The molecular weight excluding hydrogens is 460 g/mol. The van der Waals surface area contributed by atoms with Crippen molar-refractivity contribution in [2.75, 3.05) is 38.2 Å². The molecule has 0 bridgehead atoms. The Morgan fingerprint density at radius 1 is 0.914 bits per heavy atom. The molecule has 2 aromatic rings. The zero-order valence-corrected chi connectivity index (χ0v) is 21.9. The smallest absolute Gasteiger partial charge is 0.338 e. The van der Waals surface area contributed by atoms with E-state index in [-0.39, 0.29) is 18.4 Å². The summed E-state index contributed by atoms with van der Waals surface area (Å²) in [5, 5.41) is 2.09. The van der Waals surface area contributed by atoms with Crippen LogP contribution >= 0.6 is 0 Å². The molecule has 0 atom stereocenters. The van der Waals surface area contributed by atoms with E-state index in [0.29, 0.717) is 5.56 Å². The average molecular weight is 493 g/mol. The van der Waals surface area contributed by atoms with Crippen LogP contribution < -0.4 is 27.2 Å². The van der Waals surface area contributed by atoms with Crippen LogP contribution in [0.25, 0.3) is 33.4 Å². The zero-order chi connectivity index (χ0) is 24.2. The Morgan fingerprint density at radius 3 is 2.29 bits per heavy atom. The van der Waals surface area contributed by atoms with Crippen LogP contribution in [0, 0.1) is 0 Å². The van der Waals surface area contributed by atoms with Gasteiger partial charge in [0.05, 0.1) is 18.7 Å². The highest BCUT2D eigenvalue weighted by Gasteiger charge is 2.23. The molecule has 0 unspecified atom stereocenters. The molecule has 6 heteroatoms. The van der Waals surface area contributed by atoms with Crippen molar-refractivity contribution in [2.24, 2.45) is 0 Å². The fourth-order valence-corrected chi connectivity index (χ4v) is 4.72. The minimum atomic E-state index is -0.350. The van der Waals surface area contributed by atoms with E-state index in [0.717, 1.165) is 70.6 Å². The molecule has 0 aromatic heterocycles. The number of fused-ring (bicyclic) bond motifs is 2. The summed E-state index contributed by atoms with van der Waals surface area (Å²) in [5.41, 5.74) is 5.24. The van der Waals surface area contributed by atoms with E-state index in [1.165, 1.54) is 7.11 Å². The quantitative estimate of drug-likeness (QED) is 0.226. The van der Waals surface area contributed by atoms with Gasteiger partial charge in [-0.1, -0.05) is 18.2 Å². The molecule has 1 aliphatic carbocycles. The van der Waals surface area contributed by atoms with Crippen LogP contribution in [0.1, 0.15) is 38.1 Å². The number of halogens is 1. The SMILES string of the molecule is CCN(CC)c1ccc2c(-c3ccccc3C(=O)OC)c3ccc(=[N+](CC)CC)cc-3oc2c1.[Cl-]. The number of anilines is 1. The fourth-order valence-electron chi connectivity index (χ4n) is 4.72. The van der Waals surface area contributed by atoms with Gasteiger partial charge in [0, 0.05) is 47.4 Å². The number of rotatable bonds is 7. The van der Waals surface area contributed by atoms with E-state index >= 15 is 0 Å². The first-order valence-corrected chi connectivity index (χ1v) is 12.1. The van der Waals surface area contributed by atoms with Crippen molar-refractivity contribution in [3.05, 3.63) is 71.6 Å². The molecular formula is C29H33ClN2O3. The van der Waals surface area contributed by atoms with Crippen molar-refractivity contribution < 1.29 is 26.4 Å². The summed E-state index contributed by atoms with van der Waals surface area (Å²) in [6, 6.07) is 20.3. The monoisotopic (exact) mass is 492 g/mol. The van der Waals surface area contributed by atoms with Gasteiger partial charge in [0.25, 0.3) is 0 Å². The van der Waals surface area contributed by atoms with Gasteiger partial charge in [0.15, 0.2) is 0 Å². The van der Waals surface area contributed by atoms with Crippen molar-refractivity contribution in [1.82, 2.24) is 4.58 Å². The lowest BCUT2D eigenvalue weighted by Gasteiger charge is -2.22. The first-order chi connectivity index (χ1) is 16.6. The minimum Gasteiger partial charge on any atom is -1.00 e. The number of hydrogen-bond acceptors (Lipinski definition) is 4. The Morgan fingerprint density at radius 2 is 1.63 bits per heavy atom. The van der Waals surface area contributed by atoms with E-state index in [1.807, 2.05) is 24.3 Å². The molecule has 35 heavy (non-hydrogen) atoms. The van der Waals surface area contributed by atoms with Crippen molar-refractivity contribution in [3.63, 3.8) is 0 Å². The maximum atomic E-state index is 12.7. The molecule has 0 fully saturated rings. The number of methoxy groups -OCH3 is 1. The van der Waals surface area contributed by atoms with Crippen LogP contribution in [0.4, 0.5) is 5.69 Å². The van der Waals surface area contributed by atoms with Crippen molar-refractivity contribution in [3.8, 4) is 22.5 Å². The zero-order valence-electron chi connectivity index (χ0n) is 21.1. The van der Waals surface area contributed by atoms with E-state index in [4.69, 9.17) is 9.15 Å². The molecule has 2 aliphatic rings. The molecule has 0 amide bonds. The van der Waals surface area contributed by atoms with Gasteiger partial charge in [0.2, 0.25) is 5.36 Å². The van der Waals surface area contributed by atoms with Crippen molar-refractivity contribution in [1.29, 1.82) is 0 Å². The molecule has 0 saturated heterocycles. The van der Waals surface area contributed by atoms with Crippen LogP contribution in [0.15, 0.2) is 65.1 Å². The number of nitrogens with zero attached hydrogens (tertiary/aromatic N) is 2. The molecule has 5 nitrogen and oxygen atoms in total. The molecule has 2 aromatic carbocycles. The topological polar surface area (TPSA) is 45.7 Å². The Labute approximate surface area is 213 Å². The summed E-state index contributed by atoms with van der Waals surface area (Å²) < 4.78 is 13.9. The Bertz CT molecular complexity index is 1370. The molecule has 0 saturated carbocycles. The normalized spacial score (nSPS) is 10.8. The predicted octanol–water partition coefficient (Wildman–Crippen LogP) is 2.65. The number of hydrogen-bond donors (Lipinski definition) is 0. The van der Waals surface area contributed by atoms with E-state index < -0.39 is 0 Å². The lowest BCUT2D eigenvalue weighted by Crippen LogP contribution is -3.00. The molecule has 0 spiro atoms. The van der Waals surface area contributed by atoms with Crippen molar-refractivity contribution in [2.45, 2.75) is 27.7 Å². The van der Waals surface area contributed by atoms with E-state index in [9.17, 15) is 4.79 Å². The highest BCUT2D eigenvalue weighted by atomic mass is 35.5. The van der Waals surface area contributed by atoms with Gasteiger partial charge in [-0.25, -0.2) is 9.37 Å². The van der Waals surface area contributed by atoms with Crippen LogP contribution in [-0.4, -0.2) is 39.3 Å². The number of ether oxygens (including phenoxy) is 1. The second-order valence-electron chi connectivity index (χ2n) is 8.22. The van der Waals surface area contributed by atoms with Gasteiger partial charge in [-0.3, -0.25) is 0 Å². The molecule has 1 heterocycles. The maximum absolute atomic E-state index is 12.7. The number of benzene rings is 3. The summed E-state index contributed by atoms with van der Waals surface area (Å²) in [5.74, 6) is 0.445. The van der Waals surface area contributed by atoms with Gasteiger partial charge < -0.3 is 26.5 Å². The third kappa shape index (κ3) is 4.92. The second-order valence-corrected chi connectivity index (χ2v) is 8.22. The number of carbonyl (C=O) groups is 1. The summed E-state index contributed by atoms with van der Waals surface area (Å²) >= 11 is 0. The fraction of sp³-hybridized carbons (Fsp3) is 0.310. The van der Waals surface area contributed by atoms with Gasteiger partial charge in [-0.05, 0) is 57.5 Å². The molecule has 1 aliphatic heterocycles. The molecule has 0 N–H and O–H groups in total. The lowest BCUT2D eigenvalue weighted by atomic mass is 9.90. The predicted molar refractivity (Wildman–Crippen MR) is 140 cm³/mol. The Hall–Kier alpha value is -3.31. The average Bonchev–Trinajstić information content (AvgIpc) is 2.88. The van der Waals surface area contributed by atoms with Gasteiger partial charge in [-0.15, -0.1) is 0 Å². The van der Waals surface area contributed by atoms with Crippen LogP contribution in [0.2, 0.25) is 0 Å². The first kappa shape index (κ1) is 26.3. The Kier molecular flexibility index (Phi) is 8.57. The summed E-state index contributed by atoms with van der Waals surface area (Å²) in [7, 11) is 1.42. The molecule has 184 valence electrons. The van der Waals surface area contributed by atoms with Crippen LogP contribution in [-0.2, 0) is 4.74 Å². The highest BCUT2D eigenvalue weighted by Crippen LogP contribution is 2.42. The third-order valence-corrected chi connectivity index (χ3v) is 6.55. The summed E-state index contributed by atoms with van der Waals surface area (Å²) in [6.45, 7) is 12.3. The summed E-state index contributed by atoms with van der Waals surface area (Å²) in [6.07, 6.45) is 0. The minimum absolute atomic E-state index is 0. The summed E-state index contributed by atoms with van der Waals surface area (Å²) in [4.78, 5) is 15.0. The maximum Gasteiger partial charge on any atom is 0.338 e. The van der Waals surface area contributed by atoms with Gasteiger partial charge >= 0.3 is 5.97 Å². The lowest BCUT2D eigenvalue weighted by molar-refractivity contribution is -0.0000221. The standard InChI is InChI=1S/C29H33N2O3.ClH/c1-6-30(7-2)20-14-16-24-26(18-20)34-27-19-21(31(8-3)9-4)15-17-25(27)28(24)22-12-10-11-13-23(22)29(32)33-5;/h10-19H,6-9H2,1-5H3;1H/q+1;/p-1. The Balaban J connectivity index is 0.00000342. The van der Waals surface area contributed by atoms with Gasteiger partial charge in [0.1, 0.15) is 24.4 Å². The second kappa shape index (κ2) is 11.4. The third-order valence-electron chi connectivity index (χ3n) is 6.55. The first-order valence-electron chi connectivity index (χ1n) is 12.1. The number of esters is 1. The molecule has 0 radical (unpaired) electrons. The number of carbonyl (C=O) groups excluding carboxylic acids is 1. The van der Waals surface area contributed by atoms with E-state index in [2.05, 4.69) is 73.6 Å². The molecule has 4 rings (SSSR count). The van der Waals surface area contributed by atoms with Crippen LogP contribution in [0.3, 0.4) is 0 Å². The van der Waals surface area contributed by atoms with E-state index in [1.54, 1.807) is 0 Å². The highest BCUT2D eigenvalue weighted by molar-refractivity contribution is 6.08. The largest absolute Gasteiger partial charge is 1.00 e. The van der Waals surface area contributed by atoms with Crippen LogP contribution in [0.5, 0.6) is 0 Å².